The van der Waals surface area contributed by atoms with E-state index in [-0.39, 0.29) is 11.7 Å². The maximum Gasteiger partial charge on any atom is 0.269 e. The number of methoxy groups -OCH3 is 1. The molecule has 1 amide bonds. The quantitative estimate of drug-likeness (QED) is 0.666. The minimum absolute atomic E-state index is 0.263. The Balaban J connectivity index is 1.58. The molecule has 0 aliphatic heterocycles. The van der Waals surface area contributed by atoms with Gasteiger partial charge in [0.2, 0.25) is 0 Å². The summed E-state index contributed by atoms with van der Waals surface area (Å²) in [6.07, 6.45) is 2.22. The Morgan fingerprint density at radius 2 is 1.89 bits per heavy atom. The molecular formula is C21H20FN3O2. The van der Waals surface area contributed by atoms with E-state index in [1.54, 1.807) is 37.6 Å². The predicted molar refractivity (Wildman–Crippen MR) is 103 cm³/mol. The Morgan fingerprint density at radius 1 is 1.07 bits per heavy atom. The second-order valence-corrected chi connectivity index (χ2v) is 5.92. The number of rotatable bonds is 7. The number of carbonyl (C=O) groups is 1. The lowest BCUT2D eigenvalue weighted by molar-refractivity contribution is 0.0949. The van der Waals surface area contributed by atoms with E-state index in [0.717, 1.165) is 11.3 Å². The summed E-state index contributed by atoms with van der Waals surface area (Å²) in [5.74, 6) is 0.196. The Bertz CT molecular complexity index is 931. The fraction of sp³-hybridized carbons (Fsp3) is 0.143. The summed E-state index contributed by atoms with van der Waals surface area (Å²) in [5.41, 5.74) is 2.63. The summed E-state index contributed by atoms with van der Waals surface area (Å²) in [7, 11) is 1.62. The van der Waals surface area contributed by atoms with Gasteiger partial charge in [-0.1, -0.05) is 18.2 Å². The van der Waals surface area contributed by atoms with Gasteiger partial charge in [-0.15, -0.1) is 0 Å². The molecule has 5 nitrogen and oxygen atoms in total. The van der Waals surface area contributed by atoms with Crippen LogP contribution in [0.2, 0.25) is 0 Å². The molecule has 0 aliphatic carbocycles. The zero-order chi connectivity index (χ0) is 19.1. The van der Waals surface area contributed by atoms with E-state index in [1.165, 1.54) is 12.1 Å². The Morgan fingerprint density at radius 3 is 2.70 bits per heavy atom. The normalized spacial score (nSPS) is 10.3. The summed E-state index contributed by atoms with van der Waals surface area (Å²) >= 11 is 0. The van der Waals surface area contributed by atoms with E-state index < -0.39 is 0 Å². The molecule has 3 aromatic rings. The van der Waals surface area contributed by atoms with E-state index in [4.69, 9.17) is 4.74 Å². The first-order chi connectivity index (χ1) is 13.1. The summed E-state index contributed by atoms with van der Waals surface area (Å²) in [5, 5.41) is 5.92. The number of carbonyl (C=O) groups excluding carboxylic acids is 1. The van der Waals surface area contributed by atoms with Crippen LogP contribution in [0.15, 0.2) is 66.9 Å². The van der Waals surface area contributed by atoms with Crippen LogP contribution in [0.4, 0.5) is 15.8 Å². The van der Waals surface area contributed by atoms with Crippen molar-refractivity contribution in [2.75, 3.05) is 19.0 Å². The third-order valence-electron chi connectivity index (χ3n) is 3.94. The van der Waals surface area contributed by atoms with Gasteiger partial charge in [-0.3, -0.25) is 9.78 Å². The lowest BCUT2D eigenvalue weighted by Gasteiger charge is -2.09. The molecule has 2 aromatic carbocycles. The number of benzene rings is 2. The van der Waals surface area contributed by atoms with Crippen LogP contribution in [0.5, 0.6) is 5.75 Å². The third-order valence-corrected chi connectivity index (χ3v) is 3.94. The maximum absolute atomic E-state index is 13.3. The monoisotopic (exact) mass is 365 g/mol. The van der Waals surface area contributed by atoms with E-state index in [0.29, 0.717) is 30.0 Å². The third kappa shape index (κ3) is 5.28. The van der Waals surface area contributed by atoms with Gasteiger partial charge in [0, 0.05) is 24.1 Å². The van der Waals surface area contributed by atoms with Gasteiger partial charge in [-0.05, 0) is 54.4 Å². The van der Waals surface area contributed by atoms with Crippen molar-refractivity contribution in [2.45, 2.75) is 6.42 Å². The van der Waals surface area contributed by atoms with Gasteiger partial charge in [0.1, 0.15) is 17.3 Å². The fourth-order valence-corrected chi connectivity index (χ4v) is 2.60. The van der Waals surface area contributed by atoms with E-state index in [1.807, 2.05) is 24.3 Å². The smallest absolute Gasteiger partial charge is 0.269 e. The molecule has 0 unspecified atom stereocenters. The van der Waals surface area contributed by atoms with Crippen LogP contribution in [0.25, 0.3) is 0 Å². The van der Waals surface area contributed by atoms with Gasteiger partial charge in [0.05, 0.1) is 7.11 Å². The van der Waals surface area contributed by atoms with Gasteiger partial charge < -0.3 is 15.4 Å². The number of anilines is 2. The van der Waals surface area contributed by atoms with Crippen molar-refractivity contribution in [3.63, 3.8) is 0 Å². The van der Waals surface area contributed by atoms with Gasteiger partial charge in [0.25, 0.3) is 5.91 Å². The van der Waals surface area contributed by atoms with Gasteiger partial charge >= 0.3 is 0 Å². The first-order valence-corrected chi connectivity index (χ1v) is 8.54. The van der Waals surface area contributed by atoms with Crippen molar-refractivity contribution in [1.29, 1.82) is 0 Å². The number of halogens is 1. The summed E-state index contributed by atoms with van der Waals surface area (Å²) in [4.78, 5) is 16.4. The Hall–Kier alpha value is -3.41. The van der Waals surface area contributed by atoms with E-state index >= 15 is 0 Å². The minimum atomic E-state index is -0.329. The molecule has 0 saturated carbocycles. The summed E-state index contributed by atoms with van der Waals surface area (Å²) < 4.78 is 18.5. The van der Waals surface area contributed by atoms with Crippen molar-refractivity contribution in [2.24, 2.45) is 0 Å². The second kappa shape index (κ2) is 8.80. The van der Waals surface area contributed by atoms with E-state index in [9.17, 15) is 9.18 Å². The highest BCUT2D eigenvalue weighted by Crippen LogP contribution is 2.17. The van der Waals surface area contributed by atoms with E-state index in [2.05, 4.69) is 15.6 Å². The number of hydrogen-bond acceptors (Lipinski definition) is 4. The molecule has 138 valence electrons. The average molecular weight is 365 g/mol. The zero-order valence-corrected chi connectivity index (χ0v) is 14.9. The molecule has 0 aliphatic rings. The SMILES string of the molecule is COc1cccc(CCNC(=O)c2cc(Nc3cccc(F)c3)ccn2)c1. The highest BCUT2D eigenvalue weighted by atomic mass is 19.1. The fourth-order valence-electron chi connectivity index (χ4n) is 2.60. The number of amides is 1. The Kier molecular flexibility index (Phi) is 5.99. The van der Waals surface area contributed by atoms with Crippen LogP contribution >= 0.6 is 0 Å². The van der Waals surface area contributed by atoms with Gasteiger partial charge in [-0.25, -0.2) is 4.39 Å². The van der Waals surface area contributed by atoms with Crippen LogP contribution in [0, 0.1) is 5.82 Å². The van der Waals surface area contributed by atoms with Gasteiger partial charge in [-0.2, -0.15) is 0 Å². The van der Waals surface area contributed by atoms with Crippen LogP contribution in [0.3, 0.4) is 0 Å². The van der Waals surface area contributed by atoms with Crippen LogP contribution < -0.4 is 15.4 Å². The van der Waals surface area contributed by atoms with Crippen molar-refractivity contribution in [1.82, 2.24) is 10.3 Å². The lowest BCUT2D eigenvalue weighted by Crippen LogP contribution is -2.26. The molecule has 0 atom stereocenters. The van der Waals surface area contributed by atoms with Crippen LogP contribution in [-0.4, -0.2) is 24.5 Å². The van der Waals surface area contributed by atoms with Crippen LogP contribution in [0.1, 0.15) is 16.1 Å². The zero-order valence-electron chi connectivity index (χ0n) is 14.9. The predicted octanol–water partition coefficient (Wildman–Crippen LogP) is 3.95. The number of ether oxygens (including phenoxy) is 1. The molecule has 0 fully saturated rings. The molecule has 0 saturated heterocycles. The highest BCUT2D eigenvalue weighted by Gasteiger charge is 2.08. The molecule has 6 heteroatoms. The number of nitrogens with zero attached hydrogens (tertiary/aromatic N) is 1. The molecule has 0 radical (unpaired) electrons. The number of pyridine rings is 1. The minimum Gasteiger partial charge on any atom is -0.497 e. The molecule has 1 heterocycles. The largest absolute Gasteiger partial charge is 0.497 e. The second-order valence-electron chi connectivity index (χ2n) is 5.92. The molecular weight excluding hydrogens is 345 g/mol. The Labute approximate surface area is 157 Å². The molecule has 0 bridgehead atoms. The standard InChI is InChI=1S/C21H20FN3O2/c1-27-19-7-2-4-15(12-19)8-10-24-21(26)20-14-18(9-11-23-20)25-17-6-3-5-16(22)13-17/h2-7,9,11-14H,8,10H2,1H3,(H,23,25)(H,24,26). The molecule has 1 aromatic heterocycles. The molecule has 2 N–H and O–H groups in total. The van der Waals surface area contributed by atoms with Crippen molar-refractivity contribution < 1.29 is 13.9 Å². The van der Waals surface area contributed by atoms with Crippen molar-refractivity contribution >= 4 is 17.3 Å². The van der Waals surface area contributed by atoms with Crippen molar-refractivity contribution in [3.8, 4) is 5.75 Å². The first-order valence-electron chi connectivity index (χ1n) is 8.54. The summed E-state index contributed by atoms with van der Waals surface area (Å²) in [6.45, 7) is 0.481. The van der Waals surface area contributed by atoms with Gasteiger partial charge in [0.15, 0.2) is 0 Å². The first kappa shape index (κ1) is 18.4. The maximum atomic E-state index is 13.3. The van der Waals surface area contributed by atoms with Crippen LogP contribution in [-0.2, 0) is 6.42 Å². The average Bonchev–Trinajstić information content (AvgIpc) is 2.68. The molecule has 27 heavy (non-hydrogen) atoms. The summed E-state index contributed by atoms with van der Waals surface area (Å²) in [6, 6.07) is 17.2. The number of aromatic nitrogens is 1. The van der Waals surface area contributed by atoms with Crippen molar-refractivity contribution in [3.05, 3.63) is 83.9 Å². The molecule has 0 spiro atoms. The topological polar surface area (TPSA) is 63.2 Å². The lowest BCUT2D eigenvalue weighted by atomic mass is 10.1. The number of nitrogens with one attached hydrogen (secondary N) is 2. The highest BCUT2D eigenvalue weighted by molar-refractivity contribution is 5.93. The number of hydrogen-bond donors (Lipinski definition) is 2. The molecule has 3 rings (SSSR count).